The predicted molar refractivity (Wildman–Crippen MR) is 77.0 cm³/mol. The van der Waals surface area contributed by atoms with Crippen molar-refractivity contribution in [1.29, 1.82) is 0 Å². The summed E-state index contributed by atoms with van der Waals surface area (Å²) < 4.78 is 2.42. The molecule has 0 saturated heterocycles. The lowest BCUT2D eigenvalue weighted by Gasteiger charge is -2.06. The van der Waals surface area contributed by atoms with E-state index >= 15 is 0 Å². The number of carbonyl (C=O) groups is 1. The first-order chi connectivity index (χ1) is 9.06. The highest BCUT2D eigenvalue weighted by Gasteiger charge is 2.06. The van der Waals surface area contributed by atoms with E-state index in [0.29, 0.717) is 12.1 Å². The molecular weight excluding hydrogens is 308 g/mol. The standard InChI is InChI=1S/C14H13BrN2O2/c1-17-7-6-11(8-13(17)18)14(19)16-9-10-2-4-12(15)5-3-10/h2-8H,9H2,1H3,(H,16,19). The van der Waals surface area contributed by atoms with Crippen molar-refractivity contribution in [2.75, 3.05) is 0 Å². The third-order valence-electron chi connectivity index (χ3n) is 2.73. The van der Waals surface area contributed by atoms with Gasteiger partial charge in [-0.2, -0.15) is 0 Å². The SMILES string of the molecule is Cn1ccc(C(=O)NCc2ccc(Br)cc2)cc1=O. The lowest BCUT2D eigenvalue weighted by Crippen LogP contribution is -2.25. The van der Waals surface area contributed by atoms with Crippen LogP contribution in [0.1, 0.15) is 15.9 Å². The number of hydrogen-bond donors (Lipinski definition) is 1. The molecule has 0 aliphatic heterocycles. The number of rotatable bonds is 3. The van der Waals surface area contributed by atoms with Gasteiger partial charge in [0.15, 0.2) is 0 Å². The van der Waals surface area contributed by atoms with Gasteiger partial charge >= 0.3 is 0 Å². The molecule has 19 heavy (non-hydrogen) atoms. The minimum atomic E-state index is -0.249. The van der Waals surface area contributed by atoms with Gasteiger partial charge in [-0.15, -0.1) is 0 Å². The number of carbonyl (C=O) groups excluding carboxylic acids is 1. The van der Waals surface area contributed by atoms with Crippen LogP contribution in [0.25, 0.3) is 0 Å². The maximum absolute atomic E-state index is 11.9. The van der Waals surface area contributed by atoms with Crippen LogP contribution in [-0.4, -0.2) is 10.5 Å². The number of aryl methyl sites for hydroxylation is 1. The Morgan fingerprint density at radius 2 is 1.95 bits per heavy atom. The van der Waals surface area contributed by atoms with Gasteiger partial charge in [0.25, 0.3) is 11.5 Å². The van der Waals surface area contributed by atoms with Crippen LogP contribution >= 0.6 is 15.9 Å². The molecule has 1 amide bonds. The van der Waals surface area contributed by atoms with Crippen LogP contribution in [0, 0.1) is 0 Å². The van der Waals surface area contributed by atoms with E-state index < -0.39 is 0 Å². The first-order valence-corrected chi connectivity index (χ1v) is 6.55. The average molecular weight is 321 g/mol. The number of hydrogen-bond acceptors (Lipinski definition) is 2. The van der Waals surface area contributed by atoms with Gasteiger partial charge in [-0.3, -0.25) is 9.59 Å². The smallest absolute Gasteiger partial charge is 0.251 e. The summed E-state index contributed by atoms with van der Waals surface area (Å²) in [5.74, 6) is -0.249. The summed E-state index contributed by atoms with van der Waals surface area (Å²) in [6.45, 7) is 0.432. The molecule has 1 aromatic heterocycles. The van der Waals surface area contributed by atoms with Crippen LogP contribution in [0.2, 0.25) is 0 Å². The Balaban J connectivity index is 2.03. The summed E-state index contributed by atoms with van der Waals surface area (Å²) in [7, 11) is 1.64. The van der Waals surface area contributed by atoms with E-state index in [0.717, 1.165) is 10.0 Å². The Morgan fingerprint density at radius 3 is 2.58 bits per heavy atom. The average Bonchev–Trinajstić information content (AvgIpc) is 2.41. The minimum Gasteiger partial charge on any atom is -0.348 e. The van der Waals surface area contributed by atoms with E-state index in [2.05, 4.69) is 21.2 Å². The van der Waals surface area contributed by atoms with Crippen LogP contribution in [0.15, 0.2) is 51.9 Å². The molecule has 0 saturated carbocycles. The molecule has 5 heteroatoms. The zero-order valence-corrected chi connectivity index (χ0v) is 12.0. The Kier molecular flexibility index (Phi) is 4.16. The lowest BCUT2D eigenvalue weighted by atomic mass is 10.2. The van der Waals surface area contributed by atoms with Crippen molar-refractivity contribution < 1.29 is 4.79 Å². The zero-order valence-electron chi connectivity index (χ0n) is 10.4. The van der Waals surface area contributed by atoms with Crippen LogP contribution in [0.5, 0.6) is 0 Å². The zero-order chi connectivity index (χ0) is 13.8. The molecule has 0 spiro atoms. The number of amides is 1. The van der Waals surface area contributed by atoms with Gasteiger partial charge < -0.3 is 9.88 Å². The molecule has 0 radical (unpaired) electrons. The number of nitrogens with one attached hydrogen (secondary N) is 1. The maximum Gasteiger partial charge on any atom is 0.251 e. The fraction of sp³-hybridized carbons (Fsp3) is 0.143. The minimum absolute atomic E-state index is 0.198. The quantitative estimate of drug-likeness (QED) is 0.941. The van der Waals surface area contributed by atoms with Gasteiger partial charge in [-0.25, -0.2) is 0 Å². The summed E-state index contributed by atoms with van der Waals surface area (Å²) in [5, 5.41) is 2.78. The van der Waals surface area contributed by atoms with E-state index in [-0.39, 0.29) is 11.5 Å². The van der Waals surface area contributed by atoms with Crippen molar-refractivity contribution >= 4 is 21.8 Å². The molecule has 1 aromatic carbocycles. The molecule has 0 aliphatic carbocycles. The maximum atomic E-state index is 11.9. The Hall–Kier alpha value is -1.88. The van der Waals surface area contributed by atoms with Crippen LogP contribution in [0.4, 0.5) is 0 Å². The van der Waals surface area contributed by atoms with Crippen molar-refractivity contribution in [2.45, 2.75) is 6.54 Å². The number of halogens is 1. The molecule has 1 N–H and O–H groups in total. The third-order valence-corrected chi connectivity index (χ3v) is 3.26. The second kappa shape index (κ2) is 5.84. The van der Waals surface area contributed by atoms with Gasteiger partial charge in [0.05, 0.1) is 0 Å². The van der Waals surface area contributed by atoms with Gasteiger partial charge in [0.1, 0.15) is 0 Å². The van der Waals surface area contributed by atoms with E-state index in [1.807, 2.05) is 24.3 Å². The monoisotopic (exact) mass is 320 g/mol. The van der Waals surface area contributed by atoms with Gasteiger partial charge in [0.2, 0.25) is 0 Å². The third kappa shape index (κ3) is 3.54. The number of pyridine rings is 1. The fourth-order valence-electron chi connectivity index (χ4n) is 1.58. The van der Waals surface area contributed by atoms with Crippen molar-refractivity contribution in [3.8, 4) is 0 Å². The van der Waals surface area contributed by atoms with E-state index in [1.54, 1.807) is 19.3 Å². The Labute approximate surface area is 119 Å². The second-order valence-electron chi connectivity index (χ2n) is 4.17. The normalized spacial score (nSPS) is 10.2. The summed E-state index contributed by atoms with van der Waals surface area (Å²) in [4.78, 5) is 23.3. The molecule has 0 atom stereocenters. The first-order valence-electron chi connectivity index (χ1n) is 5.75. The topological polar surface area (TPSA) is 51.1 Å². The largest absolute Gasteiger partial charge is 0.348 e. The Bertz CT molecular complexity index is 647. The summed E-state index contributed by atoms with van der Waals surface area (Å²) in [6.07, 6.45) is 1.58. The van der Waals surface area contributed by atoms with Crippen molar-refractivity contribution in [2.24, 2.45) is 7.05 Å². The van der Waals surface area contributed by atoms with Crippen molar-refractivity contribution in [1.82, 2.24) is 9.88 Å². The van der Waals surface area contributed by atoms with Crippen LogP contribution in [-0.2, 0) is 13.6 Å². The van der Waals surface area contributed by atoms with Crippen LogP contribution < -0.4 is 10.9 Å². The molecule has 0 bridgehead atoms. The highest BCUT2D eigenvalue weighted by Crippen LogP contribution is 2.10. The molecule has 2 rings (SSSR count). The lowest BCUT2D eigenvalue weighted by molar-refractivity contribution is 0.0950. The molecule has 0 aliphatic rings. The number of benzene rings is 1. The van der Waals surface area contributed by atoms with E-state index in [1.165, 1.54) is 10.6 Å². The summed E-state index contributed by atoms with van der Waals surface area (Å²) in [5.41, 5.74) is 1.18. The molecule has 0 unspecified atom stereocenters. The molecular formula is C14H13BrN2O2. The Morgan fingerprint density at radius 1 is 1.26 bits per heavy atom. The number of aromatic nitrogens is 1. The number of nitrogens with zero attached hydrogens (tertiary/aromatic N) is 1. The van der Waals surface area contributed by atoms with Crippen LogP contribution in [0.3, 0.4) is 0 Å². The molecule has 0 fully saturated rings. The van der Waals surface area contributed by atoms with Gasteiger partial charge in [0, 0.05) is 35.9 Å². The van der Waals surface area contributed by atoms with Crippen molar-refractivity contribution in [3.05, 3.63) is 68.5 Å². The fourth-order valence-corrected chi connectivity index (χ4v) is 1.84. The van der Waals surface area contributed by atoms with Crippen molar-refractivity contribution in [3.63, 3.8) is 0 Å². The van der Waals surface area contributed by atoms with Gasteiger partial charge in [-0.05, 0) is 23.8 Å². The molecule has 4 nitrogen and oxygen atoms in total. The summed E-state index contributed by atoms with van der Waals surface area (Å²) in [6, 6.07) is 10.6. The van der Waals surface area contributed by atoms with Gasteiger partial charge in [-0.1, -0.05) is 28.1 Å². The predicted octanol–water partition coefficient (Wildman–Crippen LogP) is 2.08. The highest BCUT2D eigenvalue weighted by atomic mass is 79.9. The van der Waals surface area contributed by atoms with E-state index in [4.69, 9.17) is 0 Å². The molecule has 98 valence electrons. The molecule has 1 heterocycles. The highest BCUT2D eigenvalue weighted by molar-refractivity contribution is 9.10. The van der Waals surface area contributed by atoms with E-state index in [9.17, 15) is 9.59 Å². The first kappa shape index (κ1) is 13.5. The summed E-state index contributed by atoms with van der Waals surface area (Å²) >= 11 is 3.35. The second-order valence-corrected chi connectivity index (χ2v) is 5.09. The molecule has 2 aromatic rings.